The van der Waals surface area contributed by atoms with Crippen LogP contribution in [0.4, 0.5) is 0 Å². The van der Waals surface area contributed by atoms with Crippen molar-refractivity contribution in [2.24, 2.45) is 0 Å². The highest BCUT2D eigenvalue weighted by atomic mass is 14.7. The van der Waals surface area contributed by atoms with Crippen molar-refractivity contribution >= 4 is 21.8 Å². The molecular weight excluding hydrogens is 244 g/mol. The van der Waals surface area contributed by atoms with Gasteiger partial charge in [0.05, 0.1) is 16.7 Å². The van der Waals surface area contributed by atoms with E-state index in [1.165, 1.54) is 0 Å². The van der Waals surface area contributed by atoms with E-state index < -0.39 is 0 Å². The number of fused-ring (bicyclic) bond motifs is 2. The first kappa shape index (κ1) is 11.1. The van der Waals surface area contributed by atoms with E-state index >= 15 is 0 Å². The van der Waals surface area contributed by atoms with E-state index in [-0.39, 0.29) is 0 Å². The van der Waals surface area contributed by atoms with Gasteiger partial charge in [0.25, 0.3) is 0 Å². The van der Waals surface area contributed by atoms with Crippen molar-refractivity contribution in [3.8, 4) is 11.3 Å². The summed E-state index contributed by atoms with van der Waals surface area (Å²) in [6.45, 7) is 0. The first-order valence-corrected chi connectivity index (χ1v) is 6.53. The molecule has 0 saturated carbocycles. The predicted molar refractivity (Wildman–Crippen MR) is 81.3 cm³/mol. The predicted octanol–water partition coefficient (Wildman–Crippen LogP) is 4.25. The van der Waals surface area contributed by atoms with Crippen LogP contribution in [0.5, 0.6) is 0 Å². The van der Waals surface area contributed by atoms with Gasteiger partial charge in [-0.15, -0.1) is 0 Å². The minimum absolute atomic E-state index is 0.870. The summed E-state index contributed by atoms with van der Waals surface area (Å²) in [5, 5.41) is 2.23. The molecule has 0 fully saturated rings. The van der Waals surface area contributed by atoms with Crippen LogP contribution in [0.2, 0.25) is 0 Å². The third-order valence-electron chi connectivity index (χ3n) is 3.41. The molecule has 0 spiro atoms. The van der Waals surface area contributed by atoms with Gasteiger partial charge >= 0.3 is 0 Å². The quantitative estimate of drug-likeness (QED) is 0.508. The molecule has 0 aliphatic carbocycles. The summed E-state index contributed by atoms with van der Waals surface area (Å²) >= 11 is 0. The Morgan fingerprint density at radius 3 is 2.70 bits per heavy atom. The van der Waals surface area contributed by atoms with Gasteiger partial charge in [0.2, 0.25) is 0 Å². The summed E-state index contributed by atoms with van der Waals surface area (Å²) in [6, 6.07) is 23.5. The van der Waals surface area contributed by atoms with Crippen LogP contribution in [-0.4, -0.2) is 9.97 Å². The number of nitrogens with zero attached hydrogens (tertiary/aromatic N) is 2. The molecule has 0 aliphatic rings. The maximum absolute atomic E-state index is 4.68. The minimum atomic E-state index is 0.870. The molecule has 93 valence electrons. The Kier molecular flexibility index (Phi) is 2.46. The Morgan fingerprint density at radius 2 is 1.70 bits per heavy atom. The largest absolute Gasteiger partial charge is 0.256 e. The molecule has 0 N–H and O–H groups in total. The molecule has 1 radical (unpaired) electrons. The molecule has 4 rings (SSSR count). The number of hydrogen-bond acceptors (Lipinski definition) is 2. The highest BCUT2D eigenvalue weighted by molar-refractivity contribution is 5.86. The molecule has 2 aromatic heterocycles. The number of benzene rings is 2. The fourth-order valence-electron chi connectivity index (χ4n) is 2.38. The maximum Gasteiger partial charge on any atom is 0.0789 e. The molecule has 4 aromatic rings. The second kappa shape index (κ2) is 4.42. The number of aromatic nitrogens is 2. The molecule has 0 aliphatic heterocycles. The standard InChI is InChI=1S/C18H11N2/c1-2-6-17-13(4-1)7-10-18(20-17)15-8-9-16-14(12-15)5-3-11-19-16/h1-9,11-12H. The van der Waals surface area contributed by atoms with E-state index in [1.54, 1.807) is 0 Å². The second-order valence-electron chi connectivity index (χ2n) is 4.72. The summed E-state index contributed by atoms with van der Waals surface area (Å²) < 4.78 is 0. The maximum atomic E-state index is 4.68. The van der Waals surface area contributed by atoms with Crippen LogP contribution in [0.1, 0.15) is 0 Å². The summed E-state index contributed by atoms with van der Waals surface area (Å²) in [7, 11) is 0. The lowest BCUT2D eigenvalue weighted by molar-refractivity contribution is 1.38. The second-order valence-corrected chi connectivity index (χ2v) is 4.72. The number of rotatable bonds is 1. The summed E-state index contributed by atoms with van der Waals surface area (Å²) in [5.74, 6) is 0. The van der Waals surface area contributed by atoms with E-state index in [1.807, 2.05) is 54.7 Å². The first-order chi connectivity index (χ1) is 9.90. The van der Waals surface area contributed by atoms with E-state index in [0.717, 1.165) is 33.1 Å². The van der Waals surface area contributed by atoms with Crippen molar-refractivity contribution in [2.45, 2.75) is 0 Å². The molecule has 0 atom stereocenters. The number of para-hydroxylation sites is 1. The van der Waals surface area contributed by atoms with Crippen LogP contribution in [-0.2, 0) is 0 Å². The van der Waals surface area contributed by atoms with Crippen molar-refractivity contribution in [2.75, 3.05) is 0 Å². The van der Waals surface area contributed by atoms with Gasteiger partial charge in [-0.3, -0.25) is 4.98 Å². The van der Waals surface area contributed by atoms with Gasteiger partial charge in [-0.25, -0.2) is 4.98 Å². The summed E-state index contributed by atoms with van der Waals surface area (Å²) in [6.07, 6.45) is 1.81. The average Bonchev–Trinajstić information content (AvgIpc) is 2.54. The topological polar surface area (TPSA) is 25.8 Å². The Balaban J connectivity index is 1.91. The molecule has 0 unspecified atom stereocenters. The van der Waals surface area contributed by atoms with Gasteiger partial charge in [-0.05, 0) is 30.3 Å². The van der Waals surface area contributed by atoms with Gasteiger partial charge < -0.3 is 0 Å². The SMILES string of the molecule is [c]1cc2ccccc2nc1-c1ccc2ncccc2c1. The fraction of sp³-hybridized carbons (Fsp3) is 0. The zero-order chi connectivity index (χ0) is 13.4. The van der Waals surface area contributed by atoms with Crippen LogP contribution in [0.15, 0.2) is 66.9 Å². The number of pyridine rings is 2. The van der Waals surface area contributed by atoms with Crippen LogP contribution >= 0.6 is 0 Å². The normalized spacial score (nSPS) is 11.0. The van der Waals surface area contributed by atoms with Crippen molar-refractivity contribution < 1.29 is 0 Å². The monoisotopic (exact) mass is 255 g/mol. The van der Waals surface area contributed by atoms with Crippen molar-refractivity contribution in [3.05, 3.63) is 72.9 Å². The van der Waals surface area contributed by atoms with E-state index in [0.29, 0.717) is 0 Å². The molecule has 2 aromatic carbocycles. The zero-order valence-corrected chi connectivity index (χ0v) is 10.7. The van der Waals surface area contributed by atoms with Crippen LogP contribution < -0.4 is 0 Å². The third-order valence-corrected chi connectivity index (χ3v) is 3.41. The highest BCUT2D eigenvalue weighted by Gasteiger charge is 2.03. The number of hydrogen-bond donors (Lipinski definition) is 0. The van der Waals surface area contributed by atoms with E-state index in [2.05, 4.69) is 28.2 Å². The molecule has 20 heavy (non-hydrogen) atoms. The first-order valence-electron chi connectivity index (χ1n) is 6.53. The molecule has 0 bridgehead atoms. The Bertz CT molecular complexity index is 836. The molecule has 0 saturated heterocycles. The fourth-order valence-corrected chi connectivity index (χ4v) is 2.38. The lowest BCUT2D eigenvalue weighted by atomic mass is 10.1. The molecule has 0 amide bonds. The van der Waals surface area contributed by atoms with Crippen LogP contribution in [0.3, 0.4) is 0 Å². The van der Waals surface area contributed by atoms with Crippen molar-refractivity contribution in [1.29, 1.82) is 0 Å². The lowest BCUT2D eigenvalue weighted by Crippen LogP contribution is -1.86. The van der Waals surface area contributed by atoms with Crippen molar-refractivity contribution in [1.82, 2.24) is 9.97 Å². The Morgan fingerprint density at radius 1 is 0.800 bits per heavy atom. The lowest BCUT2D eigenvalue weighted by Gasteiger charge is -2.04. The Labute approximate surface area is 116 Å². The molecule has 2 heteroatoms. The molecule has 2 nitrogen and oxygen atoms in total. The zero-order valence-electron chi connectivity index (χ0n) is 10.7. The van der Waals surface area contributed by atoms with Crippen LogP contribution in [0, 0.1) is 6.07 Å². The third kappa shape index (κ3) is 1.82. The summed E-state index contributed by atoms with van der Waals surface area (Å²) in [4.78, 5) is 9.01. The van der Waals surface area contributed by atoms with Gasteiger partial charge in [0, 0.05) is 28.6 Å². The van der Waals surface area contributed by atoms with Gasteiger partial charge in [0.1, 0.15) is 0 Å². The molecule has 2 heterocycles. The van der Waals surface area contributed by atoms with Gasteiger partial charge in [-0.2, -0.15) is 0 Å². The minimum Gasteiger partial charge on any atom is -0.256 e. The summed E-state index contributed by atoms with van der Waals surface area (Å²) in [5.41, 5.74) is 3.93. The van der Waals surface area contributed by atoms with E-state index in [4.69, 9.17) is 0 Å². The van der Waals surface area contributed by atoms with E-state index in [9.17, 15) is 0 Å². The van der Waals surface area contributed by atoms with Gasteiger partial charge in [0.15, 0.2) is 0 Å². The van der Waals surface area contributed by atoms with Gasteiger partial charge in [-0.1, -0.05) is 30.3 Å². The van der Waals surface area contributed by atoms with Crippen molar-refractivity contribution in [3.63, 3.8) is 0 Å². The molecular formula is C18H11N2. The highest BCUT2D eigenvalue weighted by Crippen LogP contribution is 2.23. The smallest absolute Gasteiger partial charge is 0.0789 e. The Hall–Kier alpha value is -2.74. The average molecular weight is 255 g/mol. The van der Waals surface area contributed by atoms with Crippen LogP contribution in [0.25, 0.3) is 33.1 Å².